The molecule has 5 nitrogen and oxygen atoms in total. The number of aromatic nitrogens is 2. The van der Waals surface area contributed by atoms with Gasteiger partial charge in [-0.05, 0) is 29.8 Å². The number of hydrogen-bond acceptors (Lipinski definition) is 4. The number of fused-ring (bicyclic) bond motifs is 1. The minimum absolute atomic E-state index is 0.0243. The van der Waals surface area contributed by atoms with Gasteiger partial charge >= 0.3 is 5.97 Å². The first-order valence-corrected chi connectivity index (χ1v) is 6.90. The van der Waals surface area contributed by atoms with Crippen LogP contribution in [0.25, 0.3) is 22.6 Å². The highest BCUT2D eigenvalue weighted by molar-refractivity contribution is 6.52. The highest BCUT2D eigenvalue weighted by Gasteiger charge is 2.20. The summed E-state index contributed by atoms with van der Waals surface area (Å²) in [5.74, 6) is -2.52. The lowest BCUT2D eigenvalue weighted by atomic mass is 10.0. The summed E-state index contributed by atoms with van der Waals surface area (Å²) in [6.45, 7) is 0. The third-order valence-corrected chi connectivity index (χ3v) is 3.31. The van der Waals surface area contributed by atoms with Gasteiger partial charge in [0.1, 0.15) is 0 Å². The Morgan fingerprint density at radius 3 is 2.57 bits per heavy atom. The summed E-state index contributed by atoms with van der Waals surface area (Å²) in [5.41, 5.74) is 1.67. The minimum Gasteiger partial charge on any atom is -0.475 e. The van der Waals surface area contributed by atoms with Gasteiger partial charge in [0.05, 0.1) is 16.8 Å². The zero-order chi connectivity index (χ0) is 16.2. The number of nitrogens with zero attached hydrogens (tertiary/aromatic N) is 2. The molecular weight excluding hydrogens is 292 g/mol. The fourth-order valence-electron chi connectivity index (χ4n) is 2.22. The third-order valence-electron chi connectivity index (χ3n) is 3.31. The second kappa shape index (κ2) is 6.19. The van der Waals surface area contributed by atoms with Crippen LogP contribution in [0.15, 0.2) is 60.9 Å². The Morgan fingerprint density at radius 1 is 1.00 bits per heavy atom. The molecule has 3 rings (SSSR count). The van der Waals surface area contributed by atoms with Gasteiger partial charge in [0, 0.05) is 17.8 Å². The van der Waals surface area contributed by atoms with Crippen molar-refractivity contribution in [3.63, 3.8) is 0 Å². The Bertz CT molecular complexity index is 918. The van der Waals surface area contributed by atoms with Gasteiger partial charge in [0.15, 0.2) is 0 Å². The van der Waals surface area contributed by atoms with E-state index in [9.17, 15) is 9.59 Å². The number of carbonyl (C=O) groups excluding carboxylic acids is 1. The van der Waals surface area contributed by atoms with Crippen LogP contribution >= 0.6 is 0 Å². The largest absolute Gasteiger partial charge is 0.475 e. The Kier molecular flexibility index (Phi) is 3.93. The molecular formula is C18H12N2O3. The van der Waals surface area contributed by atoms with E-state index in [1.165, 1.54) is 6.08 Å². The zero-order valence-corrected chi connectivity index (χ0v) is 12.0. The van der Waals surface area contributed by atoms with Crippen LogP contribution in [-0.4, -0.2) is 26.8 Å². The van der Waals surface area contributed by atoms with Crippen molar-refractivity contribution in [1.82, 2.24) is 9.97 Å². The molecule has 0 unspecified atom stereocenters. The zero-order valence-electron chi connectivity index (χ0n) is 12.0. The van der Waals surface area contributed by atoms with Gasteiger partial charge in [-0.3, -0.25) is 9.78 Å². The molecule has 0 atom stereocenters. The molecule has 0 aliphatic rings. The lowest BCUT2D eigenvalue weighted by molar-refractivity contribution is -0.146. The number of carboxylic acids is 1. The van der Waals surface area contributed by atoms with E-state index < -0.39 is 11.8 Å². The summed E-state index contributed by atoms with van der Waals surface area (Å²) in [7, 11) is 0. The number of ketones is 1. The van der Waals surface area contributed by atoms with Gasteiger partial charge in [-0.25, -0.2) is 9.78 Å². The molecule has 0 bridgehead atoms. The molecule has 112 valence electrons. The van der Waals surface area contributed by atoms with E-state index in [1.54, 1.807) is 30.6 Å². The number of benzene rings is 1. The van der Waals surface area contributed by atoms with Crippen LogP contribution < -0.4 is 0 Å². The molecule has 5 heteroatoms. The molecule has 0 aliphatic heterocycles. The predicted octanol–water partition coefficient (Wildman–Crippen LogP) is 2.82. The molecule has 0 saturated heterocycles. The molecule has 0 amide bonds. The Hall–Kier alpha value is -3.34. The third kappa shape index (κ3) is 3.13. The van der Waals surface area contributed by atoms with Crippen LogP contribution in [0.5, 0.6) is 0 Å². The van der Waals surface area contributed by atoms with Crippen molar-refractivity contribution in [3.8, 4) is 0 Å². The second-order valence-corrected chi connectivity index (χ2v) is 4.87. The molecule has 23 heavy (non-hydrogen) atoms. The van der Waals surface area contributed by atoms with E-state index in [0.29, 0.717) is 16.8 Å². The van der Waals surface area contributed by atoms with Crippen molar-refractivity contribution in [2.45, 2.75) is 0 Å². The van der Waals surface area contributed by atoms with E-state index in [1.807, 2.05) is 30.3 Å². The lowest BCUT2D eigenvalue weighted by Gasteiger charge is -2.05. The van der Waals surface area contributed by atoms with Gasteiger partial charge < -0.3 is 5.11 Å². The van der Waals surface area contributed by atoms with Crippen molar-refractivity contribution in [3.05, 3.63) is 72.2 Å². The highest BCUT2D eigenvalue weighted by Crippen LogP contribution is 2.21. The molecule has 3 aromatic rings. The average molecular weight is 304 g/mol. The molecule has 2 aromatic heterocycles. The molecule has 0 spiro atoms. The number of hydrogen-bond donors (Lipinski definition) is 1. The average Bonchev–Trinajstić information content (AvgIpc) is 2.59. The van der Waals surface area contributed by atoms with Crippen LogP contribution in [0.1, 0.15) is 11.3 Å². The van der Waals surface area contributed by atoms with Crippen molar-refractivity contribution in [1.29, 1.82) is 0 Å². The SMILES string of the molecule is O=C(O)C(=O)C(=Cc1cccnc1)c1ccc2ccccc2n1. The number of Topliss-reactive ketones (excluding diaryl/α,β-unsaturated/α-hetero) is 1. The first-order valence-electron chi connectivity index (χ1n) is 6.90. The van der Waals surface area contributed by atoms with Gasteiger partial charge in [0.2, 0.25) is 0 Å². The van der Waals surface area contributed by atoms with Crippen LogP contribution in [0, 0.1) is 0 Å². The fourth-order valence-corrected chi connectivity index (χ4v) is 2.22. The molecule has 2 heterocycles. The molecule has 1 N–H and O–H groups in total. The van der Waals surface area contributed by atoms with Gasteiger partial charge in [-0.1, -0.05) is 30.3 Å². The topological polar surface area (TPSA) is 80.1 Å². The Morgan fingerprint density at radius 2 is 1.83 bits per heavy atom. The minimum atomic E-state index is -1.52. The summed E-state index contributed by atoms with van der Waals surface area (Å²) in [5, 5.41) is 9.99. The lowest BCUT2D eigenvalue weighted by Crippen LogP contribution is -2.15. The smallest absolute Gasteiger partial charge is 0.377 e. The van der Waals surface area contributed by atoms with Crippen LogP contribution in [0.4, 0.5) is 0 Å². The fraction of sp³-hybridized carbons (Fsp3) is 0. The first-order chi connectivity index (χ1) is 11.1. The summed E-state index contributed by atoms with van der Waals surface area (Å²) in [6.07, 6.45) is 4.64. The standard InChI is InChI=1S/C18H12N2O3/c21-17(18(22)23)14(10-12-4-3-9-19-11-12)16-8-7-13-5-1-2-6-15(13)20-16/h1-11H,(H,22,23). The molecule has 0 fully saturated rings. The van der Waals surface area contributed by atoms with E-state index in [4.69, 9.17) is 5.11 Å². The van der Waals surface area contributed by atoms with Crippen LogP contribution in [0.3, 0.4) is 0 Å². The highest BCUT2D eigenvalue weighted by atomic mass is 16.4. The number of rotatable bonds is 4. The quantitative estimate of drug-likeness (QED) is 0.592. The van der Waals surface area contributed by atoms with E-state index in [-0.39, 0.29) is 5.57 Å². The Balaban J connectivity index is 2.15. The molecule has 0 aliphatic carbocycles. The second-order valence-electron chi connectivity index (χ2n) is 4.87. The number of pyridine rings is 2. The van der Waals surface area contributed by atoms with Gasteiger partial charge in [-0.2, -0.15) is 0 Å². The number of carbonyl (C=O) groups is 2. The number of aliphatic carboxylic acids is 1. The summed E-state index contributed by atoms with van der Waals surface area (Å²) >= 11 is 0. The first kappa shape index (κ1) is 14.6. The maximum Gasteiger partial charge on any atom is 0.377 e. The summed E-state index contributed by atoms with van der Waals surface area (Å²) < 4.78 is 0. The molecule has 0 saturated carbocycles. The predicted molar refractivity (Wildman–Crippen MR) is 86.5 cm³/mol. The van der Waals surface area contributed by atoms with E-state index in [0.717, 1.165) is 5.39 Å². The maximum atomic E-state index is 12.1. The van der Waals surface area contributed by atoms with Crippen molar-refractivity contribution in [2.24, 2.45) is 0 Å². The van der Waals surface area contributed by atoms with Gasteiger partial charge in [-0.15, -0.1) is 0 Å². The Labute approximate surface area is 131 Å². The van der Waals surface area contributed by atoms with E-state index in [2.05, 4.69) is 9.97 Å². The van der Waals surface area contributed by atoms with Crippen LogP contribution in [-0.2, 0) is 9.59 Å². The summed E-state index contributed by atoms with van der Waals surface area (Å²) in [6, 6.07) is 14.3. The number of para-hydroxylation sites is 1. The van der Waals surface area contributed by atoms with Crippen molar-refractivity contribution >= 4 is 34.3 Å². The summed E-state index contributed by atoms with van der Waals surface area (Å²) in [4.78, 5) is 31.6. The maximum absolute atomic E-state index is 12.1. The van der Waals surface area contributed by atoms with Gasteiger partial charge in [0.25, 0.3) is 5.78 Å². The van der Waals surface area contributed by atoms with E-state index >= 15 is 0 Å². The van der Waals surface area contributed by atoms with Crippen molar-refractivity contribution < 1.29 is 14.7 Å². The molecule has 0 radical (unpaired) electrons. The normalized spacial score (nSPS) is 11.4. The van der Waals surface area contributed by atoms with Crippen LogP contribution in [0.2, 0.25) is 0 Å². The number of carboxylic acid groups (broad SMARTS) is 1. The van der Waals surface area contributed by atoms with Crippen molar-refractivity contribution in [2.75, 3.05) is 0 Å². The molecule has 1 aromatic carbocycles. The monoisotopic (exact) mass is 304 g/mol.